The van der Waals surface area contributed by atoms with Crippen molar-refractivity contribution in [2.24, 2.45) is 0 Å². The van der Waals surface area contributed by atoms with E-state index in [-0.39, 0.29) is 4.48 Å². The summed E-state index contributed by atoms with van der Waals surface area (Å²) in [7, 11) is 3.61. The first-order chi connectivity index (χ1) is 8.81. The first-order valence-electron chi connectivity index (χ1n) is 8.64. The van der Waals surface area contributed by atoms with Crippen LogP contribution in [0.3, 0.4) is 0 Å². The Labute approximate surface area is 108 Å². The van der Waals surface area contributed by atoms with Crippen LogP contribution < -0.4 is 0 Å². The van der Waals surface area contributed by atoms with Gasteiger partial charge in [0.1, 0.15) is 0 Å². The Bertz CT molecular complexity index is 212. The van der Waals surface area contributed by atoms with Gasteiger partial charge < -0.3 is 4.48 Å². The van der Waals surface area contributed by atoms with Gasteiger partial charge in [0.25, 0.3) is 0 Å². The van der Waals surface area contributed by atoms with E-state index in [0.717, 1.165) is 13.0 Å². The molecule has 0 aromatic rings. The van der Waals surface area contributed by atoms with Crippen molar-refractivity contribution in [2.75, 3.05) is 27.6 Å². The van der Waals surface area contributed by atoms with Crippen LogP contribution in [0, 0.1) is 0 Å². The van der Waals surface area contributed by atoms with E-state index in [1.807, 2.05) is 0 Å². The van der Waals surface area contributed by atoms with Crippen LogP contribution in [0.25, 0.3) is 0 Å². The molecule has 0 rings (SSSR count). The van der Waals surface area contributed by atoms with Crippen LogP contribution in [0.1, 0.15) is 75.2 Å². The van der Waals surface area contributed by atoms with Crippen LogP contribution >= 0.6 is 0 Å². The molecule has 0 heterocycles. The second kappa shape index (κ2) is 10.1. The molecule has 0 atom stereocenters. The molecule has 0 radical (unpaired) electrons. The van der Waals surface area contributed by atoms with Gasteiger partial charge in [-0.3, -0.25) is 0 Å². The quantitative estimate of drug-likeness (QED) is 0.360. The molecule has 1 heteroatoms. The van der Waals surface area contributed by atoms with Crippen molar-refractivity contribution >= 4 is 0 Å². The number of rotatable bonds is 11. The SMILES string of the molecule is [2H]C([2H])([2H])[N+](C)(C)CCCCCCCCCCCC. The second-order valence-electron chi connectivity index (χ2n) is 5.59. The summed E-state index contributed by atoms with van der Waals surface area (Å²) in [4.78, 5) is 0. The molecule has 98 valence electrons. The Hall–Kier alpha value is -0.0400. The monoisotopic (exact) mass is 231 g/mol. The van der Waals surface area contributed by atoms with E-state index in [1.54, 1.807) is 14.1 Å². The summed E-state index contributed by atoms with van der Waals surface area (Å²) in [6.45, 7) is 1.13. The molecular formula is C15H34N+. The summed E-state index contributed by atoms with van der Waals surface area (Å²) >= 11 is 0. The molecule has 0 aliphatic rings. The molecule has 16 heavy (non-hydrogen) atoms. The molecule has 0 aromatic carbocycles. The minimum atomic E-state index is -1.88. The number of unbranched alkanes of at least 4 members (excludes halogenated alkanes) is 9. The maximum atomic E-state index is 7.47. The summed E-state index contributed by atoms with van der Waals surface area (Å²) in [5, 5.41) is 0. The highest BCUT2D eigenvalue weighted by atomic mass is 15.3. The Morgan fingerprint density at radius 3 is 1.62 bits per heavy atom. The average molecular weight is 231 g/mol. The molecule has 0 saturated heterocycles. The summed E-state index contributed by atoms with van der Waals surface area (Å²) in [5.74, 6) is 0. The molecule has 0 spiro atoms. The highest BCUT2D eigenvalue weighted by molar-refractivity contribution is 4.47. The highest BCUT2D eigenvalue weighted by Gasteiger charge is 2.04. The third-order valence-electron chi connectivity index (χ3n) is 3.07. The molecule has 0 bridgehead atoms. The predicted octanol–water partition coefficient (Wildman–Crippen LogP) is 4.61. The van der Waals surface area contributed by atoms with Crippen LogP contribution in [0.2, 0.25) is 0 Å². The van der Waals surface area contributed by atoms with Gasteiger partial charge >= 0.3 is 0 Å². The Kier molecular flexibility index (Phi) is 7.01. The van der Waals surface area contributed by atoms with Crippen LogP contribution in [-0.2, 0) is 0 Å². The van der Waals surface area contributed by atoms with Gasteiger partial charge in [0.15, 0.2) is 0 Å². The van der Waals surface area contributed by atoms with E-state index in [4.69, 9.17) is 4.11 Å². The molecule has 0 unspecified atom stereocenters. The van der Waals surface area contributed by atoms with Crippen molar-refractivity contribution in [1.29, 1.82) is 0 Å². The lowest BCUT2D eigenvalue weighted by molar-refractivity contribution is -0.870. The first-order valence-corrected chi connectivity index (χ1v) is 7.14. The van der Waals surface area contributed by atoms with E-state index >= 15 is 0 Å². The third-order valence-corrected chi connectivity index (χ3v) is 3.07. The zero-order chi connectivity index (χ0) is 14.8. The number of nitrogens with zero attached hydrogens (tertiary/aromatic N) is 1. The van der Waals surface area contributed by atoms with Crippen LogP contribution in [-0.4, -0.2) is 32.1 Å². The van der Waals surface area contributed by atoms with Gasteiger partial charge in [0.2, 0.25) is 0 Å². The average Bonchev–Trinajstić information content (AvgIpc) is 2.30. The van der Waals surface area contributed by atoms with Crippen molar-refractivity contribution in [3.05, 3.63) is 0 Å². The van der Waals surface area contributed by atoms with E-state index in [1.165, 1.54) is 57.8 Å². The lowest BCUT2D eigenvalue weighted by atomic mass is 10.1. The molecule has 0 saturated carbocycles. The van der Waals surface area contributed by atoms with Crippen molar-refractivity contribution in [3.63, 3.8) is 0 Å². The molecule has 0 aromatic heterocycles. The first kappa shape index (κ1) is 11.1. The van der Waals surface area contributed by atoms with Crippen LogP contribution in [0.5, 0.6) is 0 Å². The fraction of sp³-hybridized carbons (Fsp3) is 1.00. The van der Waals surface area contributed by atoms with Crippen molar-refractivity contribution in [2.45, 2.75) is 71.1 Å². The maximum Gasteiger partial charge on any atom is 0.0886 e. The van der Waals surface area contributed by atoms with E-state index in [9.17, 15) is 0 Å². The van der Waals surface area contributed by atoms with Crippen LogP contribution in [0.4, 0.5) is 0 Å². The topological polar surface area (TPSA) is 0 Å². The molecule has 0 amide bonds. The van der Waals surface area contributed by atoms with Gasteiger partial charge in [-0.1, -0.05) is 58.3 Å². The largest absolute Gasteiger partial charge is 0.331 e. The van der Waals surface area contributed by atoms with E-state index in [2.05, 4.69) is 6.92 Å². The molecule has 0 aliphatic heterocycles. The van der Waals surface area contributed by atoms with E-state index < -0.39 is 6.98 Å². The van der Waals surface area contributed by atoms with Gasteiger partial charge in [-0.05, 0) is 12.8 Å². The van der Waals surface area contributed by atoms with Gasteiger partial charge in [0.05, 0.1) is 31.7 Å². The normalized spacial score (nSPS) is 15.6. The maximum absolute atomic E-state index is 7.47. The molecule has 0 aliphatic carbocycles. The standard InChI is InChI=1S/C15H34N/c1-5-6-7-8-9-10-11-12-13-14-15-16(2,3)4/h5-15H2,1-4H3/q+1/i2D3. The zero-order valence-electron chi connectivity index (χ0n) is 14.7. The molecular weight excluding hydrogens is 194 g/mol. The minimum absolute atomic E-state index is 0.143. The number of hydrogen-bond acceptors (Lipinski definition) is 0. The molecule has 0 N–H and O–H groups in total. The third kappa shape index (κ3) is 14.0. The fourth-order valence-electron chi connectivity index (χ4n) is 1.99. The van der Waals surface area contributed by atoms with Gasteiger partial charge in [0, 0.05) is 0 Å². The van der Waals surface area contributed by atoms with Crippen LogP contribution in [0.15, 0.2) is 0 Å². The van der Waals surface area contributed by atoms with Gasteiger partial charge in [-0.25, -0.2) is 0 Å². The van der Waals surface area contributed by atoms with Gasteiger partial charge in [-0.15, -0.1) is 0 Å². The Balaban J connectivity index is 3.37. The summed E-state index contributed by atoms with van der Waals surface area (Å²) in [5.41, 5.74) is 0. The lowest BCUT2D eigenvalue weighted by Crippen LogP contribution is -2.35. The van der Waals surface area contributed by atoms with Crippen molar-refractivity contribution in [1.82, 2.24) is 0 Å². The van der Waals surface area contributed by atoms with Gasteiger partial charge in [-0.2, -0.15) is 0 Å². The number of hydrogen-bond donors (Lipinski definition) is 0. The lowest BCUT2D eigenvalue weighted by Gasteiger charge is -2.23. The molecule has 1 nitrogen and oxygen atoms in total. The fourth-order valence-corrected chi connectivity index (χ4v) is 1.99. The summed E-state index contributed by atoms with van der Waals surface area (Å²) in [6, 6.07) is 0. The summed E-state index contributed by atoms with van der Waals surface area (Å²) < 4.78 is 22.5. The van der Waals surface area contributed by atoms with Crippen molar-refractivity contribution < 1.29 is 8.60 Å². The number of quaternary nitrogens is 1. The summed E-state index contributed by atoms with van der Waals surface area (Å²) in [6.07, 6.45) is 13.0. The predicted molar refractivity (Wildman–Crippen MR) is 74.7 cm³/mol. The zero-order valence-corrected chi connectivity index (χ0v) is 11.7. The Morgan fingerprint density at radius 1 is 0.750 bits per heavy atom. The second-order valence-corrected chi connectivity index (χ2v) is 5.59. The molecule has 0 fully saturated rings. The van der Waals surface area contributed by atoms with Crippen molar-refractivity contribution in [3.8, 4) is 0 Å². The minimum Gasteiger partial charge on any atom is -0.331 e. The van der Waals surface area contributed by atoms with E-state index in [0.29, 0.717) is 0 Å². The smallest absolute Gasteiger partial charge is 0.0886 e. The Morgan fingerprint density at radius 2 is 1.19 bits per heavy atom. The highest BCUT2D eigenvalue weighted by Crippen LogP contribution is 2.10.